The Morgan fingerprint density at radius 1 is 1.60 bits per heavy atom. The number of hydrogen-bond acceptors (Lipinski definition) is 4. The fraction of sp³-hybridized carbons (Fsp3) is 0.545. The quantitative estimate of drug-likeness (QED) is 0.785. The molecule has 0 aliphatic heterocycles. The first-order chi connectivity index (χ1) is 7.06. The molecule has 0 aliphatic rings. The van der Waals surface area contributed by atoms with Gasteiger partial charge in [0.2, 0.25) is 0 Å². The summed E-state index contributed by atoms with van der Waals surface area (Å²) in [5.41, 5.74) is 6.37. The Bertz CT molecular complexity index is 346. The summed E-state index contributed by atoms with van der Waals surface area (Å²) in [6.07, 6.45) is 2.33. The van der Waals surface area contributed by atoms with Gasteiger partial charge in [0.1, 0.15) is 0 Å². The van der Waals surface area contributed by atoms with E-state index < -0.39 is 0 Å². The highest BCUT2D eigenvalue weighted by molar-refractivity contribution is 7.18. The molecule has 0 saturated carbocycles. The van der Waals surface area contributed by atoms with Gasteiger partial charge in [0.05, 0.1) is 15.6 Å². The zero-order chi connectivity index (χ0) is 11.4. The summed E-state index contributed by atoms with van der Waals surface area (Å²) in [5, 5.41) is 1.08. The van der Waals surface area contributed by atoms with Gasteiger partial charge in [-0.2, -0.15) is 0 Å². The summed E-state index contributed by atoms with van der Waals surface area (Å²) < 4.78 is 0. The lowest BCUT2D eigenvalue weighted by molar-refractivity contribution is 0.102. The van der Waals surface area contributed by atoms with E-state index in [9.17, 15) is 4.79 Å². The Labute approximate surface area is 94.9 Å². The predicted molar refractivity (Wildman–Crippen MR) is 66.9 cm³/mol. The van der Waals surface area contributed by atoms with Gasteiger partial charge in [0.25, 0.3) is 0 Å². The molecule has 2 N–H and O–H groups in total. The van der Waals surface area contributed by atoms with Crippen molar-refractivity contribution in [2.24, 2.45) is 0 Å². The van der Waals surface area contributed by atoms with Crippen molar-refractivity contribution in [3.63, 3.8) is 0 Å². The van der Waals surface area contributed by atoms with E-state index in [0.717, 1.165) is 18.0 Å². The number of unbranched alkanes of at least 4 members (excludes halogenated alkanes) is 1. The van der Waals surface area contributed by atoms with E-state index in [0.29, 0.717) is 10.6 Å². The number of rotatable bonds is 5. The van der Waals surface area contributed by atoms with Crippen molar-refractivity contribution in [3.05, 3.63) is 10.9 Å². The predicted octanol–water partition coefficient (Wildman–Crippen LogP) is 2.77. The fourth-order valence-electron chi connectivity index (χ4n) is 1.36. The number of Topliss-reactive ketones (excluding diaryl/α,β-unsaturated/α-hetero) is 1. The summed E-state index contributed by atoms with van der Waals surface area (Å²) >= 11 is 1.48. The van der Waals surface area contributed by atoms with Crippen LogP contribution in [0.15, 0.2) is 6.07 Å². The Kier molecular flexibility index (Phi) is 4.15. The minimum absolute atomic E-state index is 0.0487. The maximum Gasteiger partial charge on any atom is 0.171 e. The number of anilines is 2. The minimum Gasteiger partial charge on any atom is -0.397 e. The van der Waals surface area contributed by atoms with Gasteiger partial charge in [-0.25, -0.2) is 0 Å². The zero-order valence-corrected chi connectivity index (χ0v) is 10.4. The lowest BCUT2D eigenvalue weighted by atomic mass is 10.3. The smallest absolute Gasteiger partial charge is 0.171 e. The van der Waals surface area contributed by atoms with E-state index in [1.165, 1.54) is 17.8 Å². The molecule has 0 atom stereocenters. The molecule has 0 unspecified atom stereocenters. The third kappa shape index (κ3) is 2.96. The largest absolute Gasteiger partial charge is 0.397 e. The fourth-order valence-corrected chi connectivity index (χ4v) is 2.32. The van der Waals surface area contributed by atoms with E-state index in [1.807, 2.05) is 13.1 Å². The Morgan fingerprint density at radius 3 is 2.73 bits per heavy atom. The van der Waals surface area contributed by atoms with Crippen LogP contribution in [0.3, 0.4) is 0 Å². The SMILES string of the molecule is CCCCN(C)c1cc(N)c(C(C)=O)s1. The third-order valence-corrected chi connectivity index (χ3v) is 3.66. The number of nitrogen functional groups attached to an aromatic ring is 1. The first kappa shape index (κ1) is 12.0. The van der Waals surface area contributed by atoms with Crippen LogP contribution in [0.1, 0.15) is 36.4 Å². The minimum atomic E-state index is 0.0487. The molecule has 0 spiro atoms. The molecule has 0 amide bonds. The van der Waals surface area contributed by atoms with Crippen molar-refractivity contribution in [2.75, 3.05) is 24.2 Å². The number of nitrogens with two attached hydrogens (primary N) is 1. The van der Waals surface area contributed by atoms with E-state index in [1.54, 1.807) is 6.92 Å². The number of carbonyl (C=O) groups is 1. The molecule has 15 heavy (non-hydrogen) atoms. The van der Waals surface area contributed by atoms with Gasteiger partial charge < -0.3 is 10.6 Å². The molecule has 1 aromatic heterocycles. The Balaban J connectivity index is 2.78. The van der Waals surface area contributed by atoms with Crippen LogP contribution in [0.4, 0.5) is 10.7 Å². The maximum atomic E-state index is 11.2. The molecule has 1 aromatic rings. The van der Waals surface area contributed by atoms with Crippen LogP contribution in [0.5, 0.6) is 0 Å². The molecule has 1 heterocycles. The standard InChI is InChI=1S/C11H18N2OS/c1-4-5-6-13(3)10-7-9(12)11(15-10)8(2)14/h7H,4-6,12H2,1-3H3. The van der Waals surface area contributed by atoms with Crippen LogP contribution in [0.2, 0.25) is 0 Å². The van der Waals surface area contributed by atoms with Gasteiger partial charge in [0.15, 0.2) is 5.78 Å². The van der Waals surface area contributed by atoms with Crippen molar-refractivity contribution in [2.45, 2.75) is 26.7 Å². The van der Waals surface area contributed by atoms with Crippen LogP contribution < -0.4 is 10.6 Å². The molecule has 0 aromatic carbocycles. The highest BCUT2D eigenvalue weighted by atomic mass is 32.1. The monoisotopic (exact) mass is 226 g/mol. The van der Waals surface area contributed by atoms with E-state index in [4.69, 9.17) is 5.73 Å². The molecule has 3 nitrogen and oxygen atoms in total. The number of thiophene rings is 1. The van der Waals surface area contributed by atoms with Gasteiger partial charge in [-0.15, -0.1) is 11.3 Å². The number of nitrogens with zero attached hydrogens (tertiary/aromatic N) is 1. The second-order valence-corrected chi connectivity index (χ2v) is 4.73. The molecule has 84 valence electrons. The summed E-state index contributed by atoms with van der Waals surface area (Å²) in [5.74, 6) is 0.0487. The lowest BCUT2D eigenvalue weighted by Gasteiger charge is -2.15. The first-order valence-electron chi connectivity index (χ1n) is 5.17. The summed E-state index contributed by atoms with van der Waals surface area (Å²) in [4.78, 5) is 14.1. The second kappa shape index (κ2) is 5.16. The van der Waals surface area contributed by atoms with Gasteiger partial charge in [0, 0.05) is 20.5 Å². The molecule has 0 saturated heterocycles. The Hall–Kier alpha value is -1.03. The average Bonchev–Trinajstić information content (AvgIpc) is 2.56. The molecule has 0 radical (unpaired) electrons. The van der Waals surface area contributed by atoms with Crippen LogP contribution in [0.25, 0.3) is 0 Å². The zero-order valence-electron chi connectivity index (χ0n) is 9.54. The normalized spacial score (nSPS) is 10.3. The summed E-state index contributed by atoms with van der Waals surface area (Å²) in [6.45, 7) is 4.73. The van der Waals surface area contributed by atoms with E-state index >= 15 is 0 Å². The lowest BCUT2D eigenvalue weighted by Crippen LogP contribution is -2.16. The van der Waals surface area contributed by atoms with Gasteiger partial charge in [-0.3, -0.25) is 4.79 Å². The summed E-state index contributed by atoms with van der Waals surface area (Å²) in [6, 6.07) is 1.89. The van der Waals surface area contributed by atoms with Crippen LogP contribution in [0, 0.1) is 0 Å². The van der Waals surface area contributed by atoms with E-state index in [-0.39, 0.29) is 5.78 Å². The van der Waals surface area contributed by atoms with Crippen LogP contribution >= 0.6 is 11.3 Å². The molecule has 0 fully saturated rings. The van der Waals surface area contributed by atoms with Crippen molar-refractivity contribution < 1.29 is 4.79 Å². The molecular weight excluding hydrogens is 208 g/mol. The van der Waals surface area contributed by atoms with Crippen LogP contribution in [-0.2, 0) is 0 Å². The molecule has 0 bridgehead atoms. The summed E-state index contributed by atoms with van der Waals surface area (Å²) in [7, 11) is 2.03. The van der Waals surface area contributed by atoms with Crippen molar-refractivity contribution >= 4 is 27.8 Å². The van der Waals surface area contributed by atoms with Crippen molar-refractivity contribution in [1.82, 2.24) is 0 Å². The number of hydrogen-bond donors (Lipinski definition) is 1. The molecule has 0 aliphatic carbocycles. The number of carbonyl (C=O) groups excluding carboxylic acids is 1. The van der Waals surface area contributed by atoms with Gasteiger partial charge in [-0.05, 0) is 12.5 Å². The number of ketones is 1. The van der Waals surface area contributed by atoms with Crippen LogP contribution in [-0.4, -0.2) is 19.4 Å². The first-order valence-corrected chi connectivity index (χ1v) is 5.99. The van der Waals surface area contributed by atoms with Crippen molar-refractivity contribution in [3.8, 4) is 0 Å². The second-order valence-electron chi connectivity index (χ2n) is 3.70. The van der Waals surface area contributed by atoms with E-state index in [2.05, 4.69) is 11.8 Å². The topological polar surface area (TPSA) is 46.3 Å². The van der Waals surface area contributed by atoms with Gasteiger partial charge >= 0.3 is 0 Å². The highest BCUT2D eigenvalue weighted by Crippen LogP contribution is 2.31. The molecule has 1 rings (SSSR count). The third-order valence-electron chi connectivity index (χ3n) is 2.29. The van der Waals surface area contributed by atoms with Crippen molar-refractivity contribution in [1.29, 1.82) is 0 Å². The Morgan fingerprint density at radius 2 is 2.27 bits per heavy atom. The highest BCUT2D eigenvalue weighted by Gasteiger charge is 2.12. The maximum absolute atomic E-state index is 11.2. The molecule has 4 heteroatoms. The molecular formula is C11H18N2OS. The average molecular weight is 226 g/mol. The van der Waals surface area contributed by atoms with Gasteiger partial charge in [-0.1, -0.05) is 13.3 Å².